The molecule has 0 spiro atoms. The van der Waals surface area contributed by atoms with Gasteiger partial charge >= 0.3 is 0 Å². The van der Waals surface area contributed by atoms with Gasteiger partial charge in [0.15, 0.2) is 5.69 Å². The Labute approximate surface area is 173 Å². The normalized spacial score (nSPS) is 10.4. The molecular weight excluding hydrogens is 392 g/mol. The van der Waals surface area contributed by atoms with Crippen LogP contribution in [0.2, 0.25) is 5.02 Å². The molecule has 2 aromatic carbocycles. The average Bonchev–Trinajstić information content (AvgIpc) is 3.08. The highest BCUT2D eigenvalue weighted by Gasteiger charge is 2.15. The minimum absolute atomic E-state index is 0.147. The van der Waals surface area contributed by atoms with Crippen molar-refractivity contribution >= 4 is 34.9 Å². The van der Waals surface area contributed by atoms with E-state index in [0.29, 0.717) is 35.1 Å². The first-order valence-electron chi connectivity index (χ1n) is 8.99. The summed E-state index contributed by atoms with van der Waals surface area (Å²) < 4.78 is 6.55. The van der Waals surface area contributed by atoms with Crippen LogP contribution in [0.1, 0.15) is 22.5 Å². The molecule has 0 bridgehead atoms. The number of carbonyl (C=O) groups is 2. The number of aryl methyl sites for hydroxylation is 2. The van der Waals surface area contributed by atoms with Gasteiger partial charge in [-0.3, -0.25) is 14.3 Å². The minimum atomic E-state index is -0.411. The van der Waals surface area contributed by atoms with Crippen molar-refractivity contribution in [2.24, 2.45) is 7.05 Å². The van der Waals surface area contributed by atoms with E-state index in [1.165, 1.54) is 17.9 Å². The zero-order valence-electron chi connectivity index (χ0n) is 16.1. The predicted molar refractivity (Wildman–Crippen MR) is 113 cm³/mol. The van der Waals surface area contributed by atoms with Gasteiger partial charge in [-0.25, -0.2) is 0 Å². The van der Waals surface area contributed by atoms with Crippen molar-refractivity contribution in [3.05, 3.63) is 70.9 Å². The van der Waals surface area contributed by atoms with Crippen LogP contribution in [0.5, 0.6) is 5.75 Å². The number of benzene rings is 2. The molecule has 1 aromatic heterocycles. The van der Waals surface area contributed by atoms with Crippen LogP contribution in [0.3, 0.4) is 0 Å². The van der Waals surface area contributed by atoms with E-state index in [9.17, 15) is 9.59 Å². The van der Waals surface area contributed by atoms with Crippen LogP contribution < -0.4 is 15.4 Å². The second-order valence-corrected chi connectivity index (χ2v) is 6.78. The Bertz CT molecular complexity index is 1020. The number of rotatable bonds is 7. The van der Waals surface area contributed by atoms with Gasteiger partial charge in [0.2, 0.25) is 5.91 Å². The number of carbonyl (C=O) groups excluding carboxylic acids is 2. The smallest absolute Gasteiger partial charge is 0.276 e. The molecule has 0 saturated heterocycles. The average molecular weight is 413 g/mol. The third kappa shape index (κ3) is 5.36. The lowest BCUT2D eigenvalue weighted by Crippen LogP contribution is -2.14. The zero-order valence-corrected chi connectivity index (χ0v) is 16.9. The van der Waals surface area contributed by atoms with Crippen molar-refractivity contribution in [3.63, 3.8) is 0 Å². The molecule has 2 amide bonds. The third-order valence-corrected chi connectivity index (χ3v) is 4.57. The monoisotopic (exact) mass is 412 g/mol. The summed E-state index contributed by atoms with van der Waals surface area (Å²) in [7, 11) is 3.18. The van der Waals surface area contributed by atoms with Gasteiger partial charge in [-0.15, -0.1) is 0 Å². The van der Waals surface area contributed by atoms with E-state index in [-0.39, 0.29) is 11.6 Å². The molecule has 3 aromatic rings. The maximum absolute atomic E-state index is 12.5. The molecule has 0 aliphatic heterocycles. The fourth-order valence-corrected chi connectivity index (χ4v) is 3.00. The topological polar surface area (TPSA) is 85.3 Å². The number of halogens is 1. The van der Waals surface area contributed by atoms with Crippen LogP contribution in [0.4, 0.5) is 11.5 Å². The van der Waals surface area contributed by atoms with Gasteiger partial charge < -0.3 is 15.4 Å². The highest BCUT2D eigenvalue weighted by atomic mass is 35.5. The van der Waals surface area contributed by atoms with E-state index in [1.807, 2.05) is 30.3 Å². The van der Waals surface area contributed by atoms with E-state index in [4.69, 9.17) is 16.3 Å². The zero-order chi connectivity index (χ0) is 20.8. The van der Waals surface area contributed by atoms with Crippen molar-refractivity contribution in [2.45, 2.75) is 12.8 Å². The number of nitrogens with one attached hydrogen (secondary N) is 2. The Hall–Kier alpha value is -3.32. The van der Waals surface area contributed by atoms with Crippen molar-refractivity contribution < 1.29 is 14.3 Å². The molecular formula is C21H21ClN4O3. The summed E-state index contributed by atoms with van der Waals surface area (Å²) in [6, 6.07) is 16.2. The molecule has 0 unspecified atom stereocenters. The van der Waals surface area contributed by atoms with Gasteiger partial charge in [0.25, 0.3) is 5.91 Å². The van der Waals surface area contributed by atoms with Crippen LogP contribution in [-0.2, 0) is 18.3 Å². The standard InChI is InChI=1S/C21H21ClN4O3/c1-26-19(24-20(27)11-8-14-6-4-3-5-7-14)13-17(25-26)21(28)23-15-9-10-18(29-2)16(22)12-15/h3-7,9-10,12-13H,8,11H2,1-2H3,(H,23,28)(H,24,27). The van der Waals surface area contributed by atoms with Gasteiger partial charge in [0.05, 0.1) is 12.1 Å². The number of nitrogens with zero attached hydrogens (tertiary/aromatic N) is 2. The van der Waals surface area contributed by atoms with Crippen molar-refractivity contribution in [2.75, 3.05) is 17.7 Å². The van der Waals surface area contributed by atoms with E-state index < -0.39 is 5.91 Å². The molecule has 0 radical (unpaired) electrons. The first kappa shape index (κ1) is 20.4. The van der Waals surface area contributed by atoms with Crippen LogP contribution in [0.15, 0.2) is 54.6 Å². The number of aromatic nitrogens is 2. The minimum Gasteiger partial charge on any atom is -0.495 e. The summed E-state index contributed by atoms with van der Waals surface area (Å²) in [5.41, 5.74) is 1.78. The van der Waals surface area contributed by atoms with Gasteiger partial charge in [0, 0.05) is 25.2 Å². The number of ether oxygens (including phenoxy) is 1. The first-order valence-corrected chi connectivity index (χ1v) is 9.37. The summed E-state index contributed by atoms with van der Waals surface area (Å²) in [4.78, 5) is 24.7. The Balaban J connectivity index is 1.60. The SMILES string of the molecule is COc1ccc(NC(=O)c2cc(NC(=O)CCc3ccccc3)n(C)n2)cc1Cl. The molecule has 3 rings (SSSR count). The summed E-state index contributed by atoms with van der Waals surface area (Å²) in [5.74, 6) is 0.404. The molecule has 0 aliphatic carbocycles. The Morgan fingerprint density at radius 3 is 2.55 bits per heavy atom. The Kier molecular flexibility index (Phi) is 6.51. The van der Waals surface area contributed by atoms with Crippen molar-refractivity contribution in [1.29, 1.82) is 0 Å². The lowest BCUT2D eigenvalue weighted by atomic mass is 10.1. The van der Waals surface area contributed by atoms with Crippen molar-refractivity contribution in [1.82, 2.24) is 9.78 Å². The first-order chi connectivity index (χ1) is 14.0. The highest BCUT2D eigenvalue weighted by Crippen LogP contribution is 2.27. The van der Waals surface area contributed by atoms with E-state index in [1.54, 1.807) is 25.2 Å². The summed E-state index contributed by atoms with van der Waals surface area (Å²) in [6.07, 6.45) is 0.969. The van der Waals surface area contributed by atoms with Gasteiger partial charge in [-0.2, -0.15) is 5.10 Å². The molecule has 150 valence electrons. The van der Waals surface area contributed by atoms with Gasteiger partial charge in [-0.1, -0.05) is 41.9 Å². The Morgan fingerprint density at radius 2 is 1.86 bits per heavy atom. The lowest BCUT2D eigenvalue weighted by molar-refractivity contribution is -0.116. The largest absolute Gasteiger partial charge is 0.495 e. The maximum Gasteiger partial charge on any atom is 0.276 e. The van der Waals surface area contributed by atoms with Crippen LogP contribution in [-0.4, -0.2) is 28.7 Å². The highest BCUT2D eigenvalue weighted by molar-refractivity contribution is 6.32. The molecule has 0 fully saturated rings. The fraction of sp³-hybridized carbons (Fsp3) is 0.190. The van der Waals surface area contributed by atoms with Gasteiger partial charge in [-0.05, 0) is 30.2 Å². The molecule has 7 nitrogen and oxygen atoms in total. The second-order valence-electron chi connectivity index (χ2n) is 6.38. The molecule has 1 heterocycles. The van der Waals surface area contributed by atoms with Crippen LogP contribution in [0.25, 0.3) is 0 Å². The van der Waals surface area contributed by atoms with E-state index in [2.05, 4.69) is 15.7 Å². The number of hydrogen-bond acceptors (Lipinski definition) is 4. The molecule has 29 heavy (non-hydrogen) atoms. The van der Waals surface area contributed by atoms with Crippen LogP contribution in [0, 0.1) is 0 Å². The maximum atomic E-state index is 12.5. The number of methoxy groups -OCH3 is 1. The van der Waals surface area contributed by atoms with Gasteiger partial charge in [0.1, 0.15) is 11.6 Å². The van der Waals surface area contributed by atoms with Crippen LogP contribution >= 0.6 is 11.6 Å². The third-order valence-electron chi connectivity index (χ3n) is 4.27. The fourth-order valence-electron chi connectivity index (χ4n) is 2.74. The molecule has 0 aliphatic rings. The number of anilines is 2. The Morgan fingerprint density at radius 1 is 1.10 bits per heavy atom. The predicted octanol–water partition coefficient (Wildman–Crippen LogP) is 3.91. The summed E-state index contributed by atoms with van der Waals surface area (Å²) >= 11 is 6.08. The van der Waals surface area contributed by atoms with E-state index in [0.717, 1.165) is 5.56 Å². The summed E-state index contributed by atoms with van der Waals surface area (Å²) in [5, 5.41) is 10.1. The quantitative estimate of drug-likeness (QED) is 0.616. The number of amides is 2. The molecule has 2 N–H and O–H groups in total. The summed E-state index contributed by atoms with van der Waals surface area (Å²) in [6.45, 7) is 0. The van der Waals surface area contributed by atoms with E-state index >= 15 is 0 Å². The molecule has 8 heteroatoms. The second kappa shape index (κ2) is 9.25. The lowest BCUT2D eigenvalue weighted by Gasteiger charge is -2.06. The molecule has 0 saturated carbocycles. The molecule has 0 atom stereocenters. The number of hydrogen-bond donors (Lipinski definition) is 2. The van der Waals surface area contributed by atoms with Crippen molar-refractivity contribution in [3.8, 4) is 5.75 Å².